The van der Waals surface area contributed by atoms with Crippen LogP contribution in [0.1, 0.15) is 51.4 Å². The Morgan fingerprint density at radius 1 is 1.00 bits per heavy atom. The molecule has 0 bridgehead atoms. The van der Waals surface area contributed by atoms with Gasteiger partial charge in [0.1, 0.15) is 5.82 Å². The lowest BCUT2D eigenvalue weighted by atomic mass is 10.1. The van der Waals surface area contributed by atoms with E-state index in [2.05, 4.69) is 9.97 Å². The van der Waals surface area contributed by atoms with Crippen molar-refractivity contribution >= 4 is 5.82 Å². The molecule has 0 atom stereocenters. The molecule has 0 aliphatic carbocycles. The van der Waals surface area contributed by atoms with E-state index in [0.717, 1.165) is 25.7 Å². The first-order valence-electron chi connectivity index (χ1n) is 7.68. The predicted molar refractivity (Wildman–Crippen MR) is 82.5 cm³/mol. The van der Waals surface area contributed by atoms with Crippen molar-refractivity contribution in [1.82, 2.24) is 9.97 Å². The predicted octanol–water partition coefficient (Wildman–Crippen LogP) is 2.56. The Morgan fingerprint density at radius 2 is 1.62 bits per heavy atom. The molecule has 0 aromatic carbocycles. The lowest BCUT2D eigenvalue weighted by Crippen LogP contribution is -2.03. The number of ether oxygens (including phenoxy) is 2. The number of hydrogen-bond donors (Lipinski definition) is 2. The number of rotatable bonds is 12. The zero-order valence-corrected chi connectivity index (χ0v) is 12.9. The van der Waals surface area contributed by atoms with Crippen molar-refractivity contribution in [3.05, 3.63) is 6.07 Å². The average Bonchev–Trinajstić information content (AvgIpc) is 2.48. The van der Waals surface area contributed by atoms with Gasteiger partial charge in [0, 0.05) is 12.7 Å². The summed E-state index contributed by atoms with van der Waals surface area (Å²) in [7, 11) is 1.50. The van der Waals surface area contributed by atoms with Gasteiger partial charge in [0.25, 0.3) is 0 Å². The third-order valence-corrected chi connectivity index (χ3v) is 3.19. The number of methoxy groups -OCH3 is 1. The molecule has 3 N–H and O–H groups in total. The molecule has 0 amide bonds. The molecule has 0 spiro atoms. The molecule has 120 valence electrons. The molecule has 0 fully saturated rings. The van der Waals surface area contributed by atoms with Crippen LogP contribution in [0, 0.1) is 0 Å². The van der Waals surface area contributed by atoms with Gasteiger partial charge in [0.05, 0.1) is 13.7 Å². The van der Waals surface area contributed by atoms with Gasteiger partial charge in [-0.05, 0) is 12.8 Å². The van der Waals surface area contributed by atoms with Crippen LogP contribution in [0.5, 0.6) is 11.9 Å². The molecular formula is C15H27N3O3. The Hall–Kier alpha value is -1.56. The maximum absolute atomic E-state index is 8.67. The van der Waals surface area contributed by atoms with Crippen LogP contribution in [0.2, 0.25) is 0 Å². The normalized spacial score (nSPS) is 10.6. The number of nitrogens with zero attached hydrogens (tertiary/aromatic N) is 2. The van der Waals surface area contributed by atoms with Gasteiger partial charge in [0.2, 0.25) is 5.88 Å². The Morgan fingerprint density at radius 3 is 2.24 bits per heavy atom. The molecular weight excluding hydrogens is 270 g/mol. The maximum atomic E-state index is 8.67. The molecule has 0 radical (unpaired) electrons. The van der Waals surface area contributed by atoms with E-state index in [1.54, 1.807) is 6.07 Å². The van der Waals surface area contributed by atoms with Crippen molar-refractivity contribution < 1.29 is 14.6 Å². The van der Waals surface area contributed by atoms with Gasteiger partial charge in [-0.3, -0.25) is 0 Å². The minimum absolute atomic E-state index is 0.230. The highest BCUT2D eigenvalue weighted by Gasteiger charge is 2.03. The minimum atomic E-state index is 0.230. The van der Waals surface area contributed by atoms with Crippen molar-refractivity contribution in [2.24, 2.45) is 0 Å². The molecule has 21 heavy (non-hydrogen) atoms. The van der Waals surface area contributed by atoms with Gasteiger partial charge in [-0.25, -0.2) is 0 Å². The third kappa shape index (κ3) is 8.34. The number of aromatic nitrogens is 2. The molecule has 6 heteroatoms. The Bertz CT molecular complexity index is 388. The highest BCUT2D eigenvalue weighted by atomic mass is 16.5. The van der Waals surface area contributed by atoms with Crippen LogP contribution in [0.25, 0.3) is 0 Å². The second-order valence-corrected chi connectivity index (χ2v) is 5.02. The third-order valence-electron chi connectivity index (χ3n) is 3.19. The fourth-order valence-corrected chi connectivity index (χ4v) is 2.04. The van der Waals surface area contributed by atoms with E-state index in [9.17, 15) is 0 Å². The van der Waals surface area contributed by atoms with E-state index in [1.807, 2.05) is 0 Å². The molecule has 6 nitrogen and oxygen atoms in total. The smallest absolute Gasteiger partial charge is 0.321 e. The number of aliphatic hydroxyl groups excluding tert-OH is 1. The van der Waals surface area contributed by atoms with E-state index < -0.39 is 0 Å². The number of hydrogen-bond acceptors (Lipinski definition) is 6. The van der Waals surface area contributed by atoms with Gasteiger partial charge < -0.3 is 20.3 Å². The minimum Gasteiger partial charge on any atom is -0.477 e. The fourth-order valence-electron chi connectivity index (χ4n) is 2.04. The van der Waals surface area contributed by atoms with Crippen LogP contribution in [0.3, 0.4) is 0 Å². The second-order valence-electron chi connectivity index (χ2n) is 5.02. The van der Waals surface area contributed by atoms with Crippen LogP contribution in [0.4, 0.5) is 5.82 Å². The maximum Gasteiger partial charge on any atom is 0.321 e. The lowest BCUT2D eigenvalue weighted by molar-refractivity contribution is 0.280. The van der Waals surface area contributed by atoms with E-state index in [-0.39, 0.29) is 6.01 Å². The van der Waals surface area contributed by atoms with Gasteiger partial charge in [-0.15, -0.1) is 0 Å². The molecule has 0 unspecified atom stereocenters. The molecule has 0 saturated carbocycles. The summed E-state index contributed by atoms with van der Waals surface area (Å²) < 4.78 is 10.5. The summed E-state index contributed by atoms with van der Waals surface area (Å²) in [4.78, 5) is 7.97. The Balaban J connectivity index is 2.03. The summed E-state index contributed by atoms with van der Waals surface area (Å²) in [5, 5.41) is 8.67. The molecule has 0 aliphatic heterocycles. The highest BCUT2D eigenvalue weighted by Crippen LogP contribution is 2.15. The first kappa shape index (κ1) is 17.5. The summed E-state index contributed by atoms with van der Waals surface area (Å²) in [6.45, 7) is 0.944. The van der Waals surface area contributed by atoms with Crippen LogP contribution >= 0.6 is 0 Å². The second kappa shape index (κ2) is 11.1. The summed E-state index contributed by atoms with van der Waals surface area (Å²) in [5.74, 6) is 0.808. The fraction of sp³-hybridized carbons (Fsp3) is 0.733. The Kier molecular flexibility index (Phi) is 9.28. The summed E-state index contributed by atoms with van der Waals surface area (Å²) in [6, 6.07) is 1.83. The number of anilines is 1. The monoisotopic (exact) mass is 297 g/mol. The van der Waals surface area contributed by atoms with Crippen molar-refractivity contribution in [3.63, 3.8) is 0 Å². The van der Waals surface area contributed by atoms with Crippen molar-refractivity contribution in [3.8, 4) is 11.9 Å². The number of aliphatic hydroxyl groups is 1. The van der Waals surface area contributed by atoms with Crippen LogP contribution < -0.4 is 15.2 Å². The number of nitrogen functional groups attached to an aromatic ring is 1. The number of nitrogens with two attached hydrogens (primary N) is 1. The van der Waals surface area contributed by atoms with E-state index in [4.69, 9.17) is 20.3 Å². The van der Waals surface area contributed by atoms with E-state index in [0.29, 0.717) is 24.9 Å². The van der Waals surface area contributed by atoms with Crippen molar-refractivity contribution in [2.75, 3.05) is 26.1 Å². The topological polar surface area (TPSA) is 90.5 Å². The molecule has 1 rings (SSSR count). The molecule has 1 heterocycles. The molecule has 1 aromatic rings. The molecule has 1 aromatic heterocycles. The van der Waals surface area contributed by atoms with Gasteiger partial charge in [0.15, 0.2) is 0 Å². The zero-order valence-electron chi connectivity index (χ0n) is 12.9. The summed E-state index contributed by atoms with van der Waals surface area (Å²) >= 11 is 0. The van der Waals surface area contributed by atoms with Gasteiger partial charge >= 0.3 is 6.01 Å². The zero-order chi connectivity index (χ0) is 15.3. The summed E-state index contributed by atoms with van der Waals surface area (Å²) in [6.07, 6.45) is 9.16. The highest BCUT2D eigenvalue weighted by molar-refractivity contribution is 5.34. The van der Waals surface area contributed by atoms with Crippen LogP contribution in [-0.2, 0) is 0 Å². The first-order chi connectivity index (χ1) is 10.3. The average molecular weight is 297 g/mol. The van der Waals surface area contributed by atoms with E-state index >= 15 is 0 Å². The van der Waals surface area contributed by atoms with Crippen LogP contribution in [0.15, 0.2) is 6.07 Å². The molecule has 0 saturated heterocycles. The van der Waals surface area contributed by atoms with Crippen molar-refractivity contribution in [2.45, 2.75) is 51.4 Å². The summed E-state index contributed by atoms with van der Waals surface area (Å²) in [5.41, 5.74) is 5.63. The van der Waals surface area contributed by atoms with Gasteiger partial charge in [-0.1, -0.05) is 38.5 Å². The number of unbranched alkanes of at least 4 members (excludes halogenated alkanes) is 7. The first-order valence-corrected chi connectivity index (χ1v) is 7.68. The molecule has 0 aliphatic rings. The van der Waals surface area contributed by atoms with Crippen molar-refractivity contribution in [1.29, 1.82) is 0 Å². The SMILES string of the molecule is COc1nc(N)cc(OCCCCCCCCCCO)n1. The van der Waals surface area contributed by atoms with Gasteiger partial charge in [-0.2, -0.15) is 9.97 Å². The van der Waals surface area contributed by atoms with Crippen LogP contribution in [-0.4, -0.2) is 35.4 Å². The van der Waals surface area contributed by atoms with E-state index in [1.165, 1.54) is 32.8 Å². The largest absolute Gasteiger partial charge is 0.477 e. The quantitative estimate of drug-likeness (QED) is 0.576. The lowest BCUT2D eigenvalue weighted by Gasteiger charge is -2.07. The standard InChI is InChI=1S/C15H27N3O3/c1-20-15-17-13(16)12-14(18-15)21-11-9-7-5-3-2-4-6-8-10-19/h12,19H,2-11H2,1H3,(H2,16,17,18). The Labute approximate surface area is 126 Å².